The Labute approximate surface area is 148 Å². The molecule has 7 heteroatoms. The Morgan fingerprint density at radius 2 is 2.00 bits per heavy atom. The first-order chi connectivity index (χ1) is 10.8. The summed E-state index contributed by atoms with van der Waals surface area (Å²) in [7, 11) is 1.66. The van der Waals surface area contributed by atoms with Gasteiger partial charge in [0.15, 0.2) is 5.96 Å². The van der Waals surface area contributed by atoms with Crippen LogP contribution in [0.3, 0.4) is 0 Å². The van der Waals surface area contributed by atoms with Crippen molar-refractivity contribution in [1.82, 2.24) is 10.2 Å². The van der Waals surface area contributed by atoms with Crippen LogP contribution in [0.2, 0.25) is 0 Å². The highest BCUT2D eigenvalue weighted by atomic mass is 79.9. The number of nitrogens with one attached hydrogen (secondary N) is 1. The molecule has 1 aromatic rings. The summed E-state index contributed by atoms with van der Waals surface area (Å²) in [5, 5.41) is 3.03. The Bertz CT molecular complexity index is 479. The number of hydrogen-bond acceptors (Lipinski definition) is 4. The Hall–Kier alpha value is -1.15. The van der Waals surface area contributed by atoms with Crippen LogP contribution in [0.15, 0.2) is 29.3 Å². The van der Waals surface area contributed by atoms with Crippen LogP contribution in [0.5, 0.6) is 0 Å². The molecule has 0 atom stereocenters. The van der Waals surface area contributed by atoms with Gasteiger partial charge in [0.1, 0.15) is 0 Å². The lowest BCUT2D eigenvalue weighted by Gasteiger charge is -2.27. The Morgan fingerprint density at radius 1 is 1.30 bits per heavy atom. The van der Waals surface area contributed by atoms with E-state index in [1.165, 1.54) is 11.1 Å². The van der Waals surface area contributed by atoms with Crippen molar-refractivity contribution < 1.29 is 9.47 Å². The quantitative estimate of drug-likeness (QED) is 0.417. The molecule has 0 amide bonds. The summed E-state index contributed by atoms with van der Waals surface area (Å²) in [6.45, 7) is 6.41. The van der Waals surface area contributed by atoms with Gasteiger partial charge in [0.2, 0.25) is 0 Å². The van der Waals surface area contributed by atoms with Gasteiger partial charge in [-0.05, 0) is 11.1 Å². The zero-order valence-electron chi connectivity index (χ0n) is 13.7. The molecule has 1 fully saturated rings. The number of nitrogens with zero attached hydrogens (tertiary/aromatic N) is 2. The van der Waals surface area contributed by atoms with E-state index in [4.69, 9.17) is 15.2 Å². The largest absolute Gasteiger partial charge is 0.383 e. The minimum absolute atomic E-state index is 0. The summed E-state index contributed by atoms with van der Waals surface area (Å²) in [6.07, 6.45) is 0. The maximum Gasteiger partial charge on any atom is 0.188 e. The van der Waals surface area contributed by atoms with Crippen LogP contribution in [0.4, 0.5) is 0 Å². The lowest BCUT2D eigenvalue weighted by Crippen LogP contribution is -2.36. The first-order valence-corrected chi connectivity index (χ1v) is 7.69. The van der Waals surface area contributed by atoms with Gasteiger partial charge < -0.3 is 20.5 Å². The number of hydrogen-bond donors (Lipinski definition) is 2. The summed E-state index contributed by atoms with van der Waals surface area (Å²) in [6, 6.07) is 8.39. The fourth-order valence-electron chi connectivity index (χ4n) is 2.37. The van der Waals surface area contributed by atoms with Crippen molar-refractivity contribution in [3.05, 3.63) is 35.4 Å². The predicted molar refractivity (Wildman–Crippen MR) is 98.1 cm³/mol. The molecule has 0 spiro atoms. The molecule has 2 rings (SSSR count). The lowest BCUT2D eigenvalue weighted by molar-refractivity contribution is 0.0341. The van der Waals surface area contributed by atoms with Gasteiger partial charge in [-0.15, -0.1) is 17.0 Å². The Morgan fingerprint density at radius 3 is 2.70 bits per heavy atom. The van der Waals surface area contributed by atoms with Gasteiger partial charge in [-0.25, -0.2) is 4.99 Å². The number of morpholine rings is 1. The van der Waals surface area contributed by atoms with Gasteiger partial charge in [-0.2, -0.15) is 0 Å². The average Bonchev–Trinajstić information content (AvgIpc) is 2.55. The van der Waals surface area contributed by atoms with Gasteiger partial charge in [-0.3, -0.25) is 4.90 Å². The highest BCUT2D eigenvalue weighted by Crippen LogP contribution is 2.14. The number of ether oxygens (including phenoxy) is 2. The predicted octanol–water partition coefficient (Wildman–Crippen LogP) is 1.15. The molecule has 0 saturated carbocycles. The lowest BCUT2D eigenvalue weighted by atomic mass is 10.1. The molecule has 1 heterocycles. The van der Waals surface area contributed by atoms with Gasteiger partial charge >= 0.3 is 0 Å². The number of benzene rings is 1. The molecule has 0 aliphatic carbocycles. The first-order valence-electron chi connectivity index (χ1n) is 7.69. The van der Waals surface area contributed by atoms with Gasteiger partial charge in [0.05, 0.1) is 26.4 Å². The van der Waals surface area contributed by atoms with E-state index in [1.807, 2.05) is 6.07 Å². The molecule has 1 aromatic carbocycles. The average molecular weight is 387 g/mol. The zero-order chi connectivity index (χ0) is 15.6. The topological polar surface area (TPSA) is 72.1 Å². The van der Waals surface area contributed by atoms with Gasteiger partial charge in [-0.1, -0.05) is 24.3 Å². The van der Waals surface area contributed by atoms with Crippen LogP contribution in [0.25, 0.3) is 0 Å². The molecule has 1 aliphatic heterocycles. The molecular formula is C16H27BrN4O2. The van der Waals surface area contributed by atoms with Crippen molar-refractivity contribution in [3.8, 4) is 0 Å². The smallest absolute Gasteiger partial charge is 0.188 e. The second-order valence-electron chi connectivity index (χ2n) is 5.28. The molecule has 0 unspecified atom stereocenters. The van der Waals surface area contributed by atoms with E-state index in [2.05, 4.69) is 33.4 Å². The first kappa shape index (κ1) is 19.9. The molecular weight excluding hydrogens is 360 g/mol. The number of rotatable bonds is 7. The normalized spacial score (nSPS) is 16.0. The Balaban J connectivity index is 0.00000264. The molecule has 1 saturated heterocycles. The SMILES string of the molecule is Br.COCCNC(N)=NCc1ccccc1CN1CCOCC1. The maximum absolute atomic E-state index is 5.85. The second-order valence-corrected chi connectivity index (χ2v) is 5.28. The minimum atomic E-state index is 0. The number of halogens is 1. The van der Waals surface area contributed by atoms with E-state index in [-0.39, 0.29) is 17.0 Å². The number of aliphatic imine (C=N–C) groups is 1. The number of guanidine groups is 1. The van der Waals surface area contributed by atoms with Crippen molar-refractivity contribution in [2.24, 2.45) is 10.7 Å². The molecule has 0 radical (unpaired) electrons. The van der Waals surface area contributed by atoms with Crippen molar-refractivity contribution in [3.63, 3.8) is 0 Å². The summed E-state index contributed by atoms with van der Waals surface area (Å²) >= 11 is 0. The molecule has 1 aliphatic rings. The third kappa shape index (κ3) is 7.30. The summed E-state index contributed by atoms with van der Waals surface area (Å²) < 4.78 is 10.4. The summed E-state index contributed by atoms with van der Waals surface area (Å²) in [4.78, 5) is 6.81. The monoisotopic (exact) mass is 386 g/mol. The highest BCUT2D eigenvalue weighted by molar-refractivity contribution is 8.93. The van der Waals surface area contributed by atoms with Crippen molar-refractivity contribution >= 4 is 22.9 Å². The van der Waals surface area contributed by atoms with Crippen molar-refractivity contribution in [2.45, 2.75) is 13.1 Å². The van der Waals surface area contributed by atoms with E-state index >= 15 is 0 Å². The van der Waals surface area contributed by atoms with Crippen LogP contribution < -0.4 is 11.1 Å². The van der Waals surface area contributed by atoms with Crippen molar-refractivity contribution in [2.75, 3.05) is 46.6 Å². The van der Waals surface area contributed by atoms with E-state index in [9.17, 15) is 0 Å². The molecule has 6 nitrogen and oxygen atoms in total. The van der Waals surface area contributed by atoms with Gasteiger partial charge in [0, 0.05) is 33.3 Å². The standard InChI is InChI=1S/C16H26N4O2.BrH/c1-21-9-6-18-16(17)19-12-14-4-2-3-5-15(14)13-20-7-10-22-11-8-20;/h2-5H,6-13H2,1H3,(H3,17,18,19);1H. The van der Waals surface area contributed by atoms with E-state index < -0.39 is 0 Å². The summed E-state index contributed by atoms with van der Waals surface area (Å²) in [5.74, 6) is 0.457. The van der Waals surface area contributed by atoms with Crippen LogP contribution in [0.1, 0.15) is 11.1 Å². The third-order valence-corrected chi connectivity index (χ3v) is 3.65. The number of nitrogens with two attached hydrogens (primary N) is 1. The van der Waals surface area contributed by atoms with Gasteiger partial charge in [0.25, 0.3) is 0 Å². The maximum atomic E-state index is 5.85. The van der Waals surface area contributed by atoms with Crippen LogP contribution in [0, 0.1) is 0 Å². The van der Waals surface area contributed by atoms with Crippen LogP contribution >= 0.6 is 17.0 Å². The van der Waals surface area contributed by atoms with Crippen LogP contribution in [-0.4, -0.2) is 57.4 Å². The third-order valence-electron chi connectivity index (χ3n) is 3.65. The van der Waals surface area contributed by atoms with E-state index in [1.54, 1.807) is 7.11 Å². The summed E-state index contributed by atoms with van der Waals surface area (Å²) in [5.41, 5.74) is 8.37. The zero-order valence-corrected chi connectivity index (χ0v) is 15.4. The second kappa shape index (κ2) is 11.4. The molecule has 0 aromatic heterocycles. The number of methoxy groups -OCH3 is 1. The minimum Gasteiger partial charge on any atom is -0.383 e. The van der Waals surface area contributed by atoms with Crippen molar-refractivity contribution in [1.29, 1.82) is 0 Å². The van der Waals surface area contributed by atoms with Crippen LogP contribution in [-0.2, 0) is 22.6 Å². The highest BCUT2D eigenvalue weighted by Gasteiger charge is 2.12. The Kier molecular flexibility index (Phi) is 9.86. The van der Waals surface area contributed by atoms with E-state index in [0.29, 0.717) is 25.7 Å². The molecule has 23 heavy (non-hydrogen) atoms. The molecule has 3 N–H and O–H groups in total. The fraction of sp³-hybridized carbons (Fsp3) is 0.562. The van der Waals surface area contributed by atoms with E-state index in [0.717, 1.165) is 32.8 Å². The fourth-order valence-corrected chi connectivity index (χ4v) is 2.37. The molecule has 130 valence electrons. The molecule has 0 bridgehead atoms.